The highest BCUT2D eigenvalue weighted by molar-refractivity contribution is 8.04. The Morgan fingerprint density at radius 2 is 0.926 bits per heavy atom. The standard InChI is InChI=1S/C20H17NO4S2/c22-26(23,19-12-6-2-7-13-19)21(17-16-18-10-4-1-5-11-18)27(24,25)20-14-8-3-9-15-20/h1-17H/b17-16+. The minimum atomic E-state index is -4.32. The molecule has 0 unspecified atom stereocenters. The number of hydrogen-bond acceptors (Lipinski definition) is 4. The molecule has 0 radical (unpaired) electrons. The Morgan fingerprint density at radius 3 is 1.33 bits per heavy atom. The molecule has 0 aliphatic rings. The van der Waals surface area contributed by atoms with Gasteiger partial charge in [-0.1, -0.05) is 66.7 Å². The van der Waals surface area contributed by atoms with Crippen molar-refractivity contribution in [1.29, 1.82) is 0 Å². The number of nitrogens with zero attached hydrogens (tertiary/aromatic N) is 1. The van der Waals surface area contributed by atoms with Gasteiger partial charge in [0.15, 0.2) is 0 Å². The summed E-state index contributed by atoms with van der Waals surface area (Å²) in [4.78, 5) is -0.218. The van der Waals surface area contributed by atoms with Gasteiger partial charge in [-0.2, -0.15) is 3.71 Å². The van der Waals surface area contributed by atoms with Gasteiger partial charge in [-0.3, -0.25) is 0 Å². The summed E-state index contributed by atoms with van der Waals surface area (Å²) in [5, 5.41) is 0. The highest BCUT2D eigenvalue weighted by Crippen LogP contribution is 2.25. The predicted octanol–water partition coefficient (Wildman–Crippen LogP) is 3.74. The first-order chi connectivity index (χ1) is 12.9. The van der Waals surface area contributed by atoms with Gasteiger partial charge < -0.3 is 0 Å². The Morgan fingerprint density at radius 1 is 0.556 bits per heavy atom. The molecule has 0 saturated heterocycles. The number of sulfonamides is 2. The largest absolute Gasteiger partial charge is 0.277 e. The van der Waals surface area contributed by atoms with Crippen molar-refractivity contribution in [2.75, 3.05) is 0 Å². The van der Waals surface area contributed by atoms with Gasteiger partial charge in [-0.15, -0.1) is 0 Å². The fourth-order valence-electron chi connectivity index (χ4n) is 2.39. The van der Waals surface area contributed by atoms with E-state index in [-0.39, 0.29) is 9.79 Å². The van der Waals surface area contributed by atoms with Gasteiger partial charge in [0.25, 0.3) is 20.0 Å². The molecule has 7 heteroatoms. The molecule has 138 valence electrons. The third kappa shape index (κ3) is 4.10. The van der Waals surface area contributed by atoms with Gasteiger partial charge >= 0.3 is 0 Å². The van der Waals surface area contributed by atoms with Crippen molar-refractivity contribution in [2.24, 2.45) is 0 Å². The molecule has 0 N–H and O–H groups in total. The molecule has 0 aliphatic carbocycles. The first kappa shape index (κ1) is 18.9. The fraction of sp³-hybridized carbons (Fsp3) is 0. The van der Waals surface area contributed by atoms with E-state index in [9.17, 15) is 16.8 Å². The summed E-state index contributed by atoms with van der Waals surface area (Å²) < 4.78 is 52.7. The second-order valence-corrected chi connectivity index (χ2v) is 9.45. The van der Waals surface area contributed by atoms with Gasteiger partial charge in [-0.25, -0.2) is 16.8 Å². The van der Waals surface area contributed by atoms with E-state index in [1.165, 1.54) is 30.3 Å². The van der Waals surface area contributed by atoms with Crippen LogP contribution in [0, 0.1) is 0 Å². The van der Waals surface area contributed by atoms with E-state index in [1.807, 2.05) is 6.07 Å². The van der Waals surface area contributed by atoms with Crippen LogP contribution in [-0.2, 0) is 20.0 Å². The van der Waals surface area contributed by atoms with Crippen molar-refractivity contribution in [3.05, 3.63) is 103 Å². The zero-order valence-corrected chi connectivity index (χ0v) is 15.8. The normalized spacial score (nSPS) is 12.1. The van der Waals surface area contributed by atoms with E-state index in [4.69, 9.17) is 0 Å². The van der Waals surface area contributed by atoms with Crippen LogP contribution in [0.3, 0.4) is 0 Å². The van der Waals surface area contributed by atoms with Crippen LogP contribution in [0.15, 0.2) is 107 Å². The fourth-order valence-corrected chi connectivity index (χ4v) is 5.80. The SMILES string of the molecule is O=S(=O)(c1ccccc1)N(/C=C/c1ccccc1)S(=O)(=O)c1ccccc1. The van der Waals surface area contributed by atoms with E-state index >= 15 is 0 Å². The average Bonchev–Trinajstić information content (AvgIpc) is 2.70. The molecule has 5 nitrogen and oxygen atoms in total. The summed E-state index contributed by atoms with van der Waals surface area (Å²) in [5.74, 6) is 0. The molecule has 0 spiro atoms. The average molecular weight is 399 g/mol. The Balaban J connectivity index is 2.14. The molecule has 3 aromatic rings. The van der Waals surface area contributed by atoms with Gasteiger partial charge in [0.1, 0.15) is 0 Å². The summed E-state index contributed by atoms with van der Waals surface area (Å²) in [5.41, 5.74) is 0.675. The Hall–Kier alpha value is -2.90. The zero-order valence-electron chi connectivity index (χ0n) is 14.2. The van der Waals surface area contributed by atoms with Gasteiger partial charge in [0, 0.05) is 6.20 Å². The molecule has 0 atom stereocenters. The molecule has 3 rings (SSSR count). The monoisotopic (exact) mass is 399 g/mol. The summed E-state index contributed by atoms with van der Waals surface area (Å²) >= 11 is 0. The van der Waals surface area contributed by atoms with Crippen LogP contribution in [0.4, 0.5) is 0 Å². The van der Waals surface area contributed by atoms with Crippen molar-refractivity contribution in [3.8, 4) is 0 Å². The first-order valence-electron chi connectivity index (χ1n) is 8.05. The summed E-state index contributed by atoms with van der Waals surface area (Å²) in [6.45, 7) is 0. The molecule has 0 aliphatic heterocycles. The van der Waals surface area contributed by atoms with Crippen LogP contribution in [0.2, 0.25) is 0 Å². The van der Waals surface area contributed by atoms with Crippen molar-refractivity contribution in [1.82, 2.24) is 3.71 Å². The molecule has 0 heterocycles. The molecule has 0 fully saturated rings. The maximum Gasteiger partial charge on any atom is 0.277 e. The third-order valence-corrected chi connectivity index (χ3v) is 7.85. The lowest BCUT2D eigenvalue weighted by molar-refractivity contribution is 0.537. The lowest BCUT2D eigenvalue weighted by Crippen LogP contribution is -2.32. The molecule has 27 heavy (non-hydrogen) atoms. The smallest absolute Gasteiger partial charge is 0.200 e. The van der Waals surface area contributed by atoms with Crippen molar-refractivity contribution >= 4 is 26.1 Å². The number of hydrogen-bond donors (Lipinski definition) is 0. The second-order valence-electron chi connectivity index (χ2n) is 5.59. The van der Waals surface area contributed by atoms with Gasteiger partial charge in [0.2, 0.25) is 0 Å². The summed E-state index contributed by atoms with van der Waals surface area (Å²) in [6, 6.07) is 23.8. The van der Waals surface area contributed by atoms with Crippen LogP contribution >= 0.6 is 0 Å². The van der Waals surface area contributed by atoms with Crippen molar-refractivity contribution < 1.29 is 16.8 Å². The minimum absolute atomic E-state index is 0.109. The molecular formula is C20H17NO4S2. The van der Waals surface area contributed by atoms with E-state index in [0.717, 1.165) is 6.20 Å². The summed E-state index contributed by atoms with van der Waals surface area (Å²) in [7, 11) is -8.64. The van der Waals surface area contributed by atoms with E-state index in [0.29, 0.717) is 9.27 Å². The van der Waals surface area contributed by atoms with Crippen molar-refractivity contribution in [3.63, 3.8) is 0 Å². The maximum absolute atomic E-state index is 13.1. The number of benzene rings is 3. The molecular weight excluding hydrogens is 382 g/mol. The molecule has 3 aromatic carbocycles. The lowest BCUT2D eigenvalue weighted by atomic mass is 10.2. The van der Waals surface area contributed by atoms with Gasteiger partial charge in [0.05, 0.1) is 9.79 Å². The maximum atomic E-state index is 13.1. The van der Waals surface area contributed by atoms with Crippen LogP contribution in [-0.4, -0.2) is 20.5 Å². The van der Waals surface area contributed by atoms with Gasteiger partial charge in [-0.05, 0) is 35.9 Å². The minimum Gasteiger partial charge on any atom is -0.200 e. The molecule has 0 aromatic heterocycles. The highest BCUT2D eigenvalue weighted by Gasteiger charge is 2.33. The van der Waals surface area contributed by atoms with Crippen molar-refractivity contribution in [2.45, 2.75) is 9.79 Å². The Bertz CT molecular complexity index is 1060. The van der Waals surface area contributed by atoms with Crippen LogP contribution < -0.4 is 0 Å². The molecule has 0 amide bonds. The topological polar surface area (TPSA) is 71.5 Å². The Kier molecular flexibility index (Phi) is 5.43. The highest BCUT2D eigenvalue weighted by atomic mass is 32.3. The summed E-state index contributed by atoms with van der Waals surface area (Å²) in [6.07, 6.45) is 2.51. The third-order valence-electron chi connectivity index (χ3n) is 3.74. The zero-order chi connectivity index (χ0) is 19.3. The number of rotatable bonds is 6. The van der Waals surface area contributed by atoms with Crippen LogP contribution in [0.25, 0.3) is 6.08 Å². The van der Waals surface area contributed by atoms with Crippen LogP contribution in [0.5, 0.6) is 0 Å². The molecule has 0 bridgehead atoms. The molecule has 0 saturated carbocycles. The van der Waals surface area contributed by atoms with E-state index < -0.39 is 20.0 Å². The predicted molar refractivity (Wildman–Crippen MR) is 105 cm³/mol. The Labute approximate surface area is 159 Å². The van der Waals surface area contributed by atoms with E-state index in [1.54, 1.807) is 60.7 Å². The lowest BCUT2D eigenvalue weighted by Gasteiger charge is -2.20. The first-order valence-corrected chi connectivity index (χ1v) is 10.9. The van der Waals surface area contributed by atoms with E-state index in [2.05, 4.69) is 0 Å². The second kappa shape index (κ2) is 7.77. The van der Waals surface area contributed by atoms with Crippen LogP contribution in [0.1, 0.15) is 5.56 Å². The quantitative estimate of drug-likeness (QED) is 0.633.